The minimum atomic E-state index is 0.803. The fourth-order valence-corrected chi connectivity index (χ4v) is 2.44. The number of fused-ring (bicyclic) bond motifs is 1. The Morgan fingerprint density at radius 3 is 2.79 bits per heavy atom. The van der Waals surface area contributed by atoms with Crippen LogP contribution in [0.5, 0.6) is 11.5 Å². The molecule has 0 aliphatic rings. The minimum Gasteiger partial charge on any atom is -0.457 e. The molecule has 0 aliphatic heterocycles. The van der Waals surface area contributed by atoms with Gasteiger partial charge in [0.1, 0.15) is 11.5 Å². The monoisotopic (exact) mass is 270 g/mol. The summed E-state index contributed by atoms with van der Waals surface area (Å²) >= 11 is 1.70. The Balaban J connectivity index is 1.91. The maximum Gasteiger partial charge on any atom is 0.129 e. The lowest BCUT2D eigenvalue weighted by atomic mass is 10.2. The van der Waals surface area contributed by atoms with Gasteiger partial charge < -0.3 is 4.74 Å². The lowest BCUT2D eigenvalue weighted by Gasteiger charge is -2.06. The first kappa shape index (κ1) is 12.1. The van der Waals surface area contributed by atoms with E-state index < -0.39 is 0 Å². The van der Waals surface area contributed by atoms with Crippen LogP contribution in [-0.2, 0) is 0 Å². The van der Waals surface area contributed by atoms with E-state index in [1.807, 2.05) is 43.3 Å². The van der Waals surface area contributed by atoms with Gasteiger partial charge in [-0.2, -0.15) is 5.10 Å². The molecule has 0 atom stereocenters. The number of aromatic amines is 1. The van der Waals surface area contributed by atoms with Crippen LogP contribution in [-0.4, -0.2) is 16.5 Å². The summed E-state index contributed by atoms with van der Waals surface area (Å²) in [6.45, 7) is 2.01. The van der Waals surface area contributed by atoms with Crippen molar-refractivity contribution in [3.05, 3.63) is 48.2 Å². The zero-order chi connectivity index (χ0) is 13.2. The average Bonchev–Trinajstić information content (AvgIpc) is 2.80. The van der Waals surface area contributed by atoms with Gasteiger partial charge in [0.25, 0.3) is 0 Å². The van der Waals surface area contributed by atoms with Gasteiger partial charge in [-0.25, -0.2) is 0 Å². The van der Waals surface area contributed by atoms with Crippen LogP contribution in [0.1, 0.15) is 5.69 Å². The fraction of sp³-hybridized carbons (Fsp3) is 0.133. The molecule has 0 spiro atoms. The number of rotatable bonds is 3. The fourth-order valence-electron chi connectivity index (χ4n) is 1.99. The Kier molecular flexibility index (Phi) is 3.17. The second-order valence-electron chi connectivity index (χ2n) is 4.31. The van der Waals surface area contributed by atoms with Gasteiger partial charge in [0.2, 0.25) is 0 Å². The maximum atomic E-state index is 5.87. The second kappa shape index (κ2) is 4.97. The number of thioether (sulfide) groups is 1. The molecule has 0 saturated carbocycles. The smallest absolute Gasteiger partial charge is 0.129 e. The lowest BCUT2D eigenvalue weighted by molar-refractivity contribution is 0.482. The molecule has 0 aliphatic carbocycles. The van der Waals surface area contributed by atoms with Crippen molar-refractivity contribution in [2.24, 2.45) is 0 Å². The van der Waals surface area contributed by atoms with E-state index in [0.717, 1.165) is 28.1 Å². The molecule has 0 amide bonds. The largest absolute Gasteiger partial charge is 0.457 e. The SMILES string of the molecule is CSc1cccc(Oc2ccc3c(C)[nH]nc3c2)c1. The van der Waals surface area contributed by atoms with E-state index in [2.05, 4.69) is 22.5 Å². The summed E-state index contributed by atoms with van der Waals surface area (Å²) in [6.07, 6.45) is 2.05. The second-order valence-corrected chi connectivity index (χ2v) is 5.19. The quantitative estimate of drug-likeness (QED) is 0.717. The van der Waals surface area contributed by atoms with Crippen LogP contribution in [0.15, 0.2) is 47.4 Å². The van der Waals surface area contributed by atoms with E-state index in [4.69, 9.17) is 4.74 Å². The van der Waals surface area contributed by atoms with E-state index in [1.165, 1.54) is 4.90 Å². The van der Waals surface area contributed by atoms with Gasteiger partial charge in [-0.1, -0.05) is 6.07 Å². The van der Waals surface area contributed by atoms with Crippen molar-refractivity contribution in [1.82, 2.24) is 10.2 Å². The Morgan fingerprint density at radius 1 is 1.11 bits per heavy atom. The number of benzene rings is 2. The predicted octanol–water partition coefficient (Wildman–Crippen LogP) is 4.39. The highest BCUT2D eigenvalue weighted by atomic mass is 32.2. The number of hydrogen-bond donors (Lipinski definition) is 1. The van der Waals surface area contributed by atoms with Gasteiger partial charge in [-0.3, -0.25) is 5.10 Å². The third-order valence-corrected chi connectivity index (χ3v) is 3.72. The predicted molar refractivity (Wildman–Crippen MR) is 79.1 cm³/mol. The summed E-state index contributed by atoms with van der Waals surface area (Å²) in [5.41, 5.74) is 2.00. The molecule has 3 rings (SSSR count). The summed E-state index contributed by atoms with van der Waals surface area (Å²) in [6, 6.07) is 14.0. The highest BCUT2D eigenvalue weighted by molar-refractivity contribution is 7.98. The molecule has 2 aromatic carbocycles. The summed E-state index contributed by atoms with van der Waals surface area (Å²) < 4.78 is 5.87. The summed E-state index contributed by atoms with van der Waals surface area (Å²) in [5, 5.41) is 8.35. The third kappa shape index (κ3) is 2.44. The Morgan fingerprint density at radius 2 is 1.95 bits per heavy atom. The summed E-state index contributed by atoms with van der Waals surface area (Å²) in [5.74, 6) is 1.65. The van der Waals surface area contributed by atoms with Crippen molar-refractivity contribution >= 4 is 22.7 Å². The Hall–Kier alpha value is -1.94. The zero-order valence-electron chi connectivity index (χ0n) is 10.8. The Bertz CT molecular complexity index is 721. The molecule has 0 fully saturated rings. The number of H-pyrrole nitrogens is 1. The van der Waals surface area contributed by atoms with E-state index in [1.54, 1.807) is 11.8 Å². The molecule has 19 heavy (non-hydrogen) atoms. The molecule has 0 radical (unpaired) electrons. The molecule has 0 saturated heterocycles. The van der Waals surface area contributed by atoms with Crippen LogP contribution in [0.4, 0.5) is 0 Å². The van der Waals surface area contributed by atoms with Crippen LogP contribution in [0.2, 0.25) is 0 Å². The van der Waals surface area contributed by atoms with E-state index in [0.29, 0.717) is 0 Å². The summed E-state index contributed by atoms with van der Waals surface area (Å²) in [7, 11) is 0. The normalized spacial score (nSPS) is 10.8. The van der Waals surface area contributed by atoms with Crippen molar-refractivity contribution in [2.45, 2.75) is 11.8 Å². The topological polar surface area (TPSA) is 37.9 Å². The molecule has 1 N–H and O–H groups in total. The maximum absolute atomic E-state index is 5.87. The van der Waals surface area contributed by atoms with Gasteiger partial charge in [-0.05, 0) is 43.5 Å². The average molecular weight is 270 g/mol. The molecule has 96 valence electrons. The molecule has 3 nitrogen and oxygen atoms in total. The van der Waals surface area contributed by atoms with Crippen molar-refractivity contribution in [3.63, 3.8) is 0 Å². The number of hydrogen-bond acceptors (Lipinski definition) is 3. The van der Waals surface area contributed by atoms with Crippen molar-refractivity contribution in [3.8, 4) is 11.5 Å². The molecule has 1 aromatic heterocycles. The van der Waals surface area contributed by atoms with E-state index in [9.17, 15) is 0 Å². The van der Waals surface area contributed by atoms with Crippen LogP contribution >= 0.6 is 11.8 Å². The number of aromatic nitrogens is 2. The first-order valence-corrected chi connectivity index (χ1v) is 7.25. The third-order valence-electron chi connectivity index (χ3n) is 2.99. The first-order valence-electron chi connectivity index (χ1n) is 6.03. The van der Waals surface area contributed by atoms with Crippen LogP contribution in [0, 0.1) is 6.92 Å². The zero-order valence-corrected chi connectivity index (χ0v) is 11.6. The summed E-state index contributed by atoms with van der Waals surface area (Å²) in [4.78, 5) is 1.19. The van der Waals surface area contributed by atoms with Gasteiger partial charge in [0, 0.05) is 22.0 Å². The van der Waals surface area contributed by atoms with Crippen molar-refractivity contribution in [2.75, 3.05) is 6.26 Å². The molecule has 3 aromatic rings. The van der Waals surface area contributed by atoms with Crippen LogP contribution in [0.3, 0.4) is 0 Å². The van der Waals surface area contributed by atoms with Crippen molar-refractivity contribution < 1.29 is 4.74 Å². The number of aryl methyl sites for hydroxylation is 1. The highest BCUT2D eigenvalue weighted by Gasteiger charge is 2.04. The van der Waals surface area contributed by atoms with Crippen molar-refractivity contribution in [1.29, 1.82) is 0 Å². The number of ether oxygens (including phenoxy) is 1. The highest BCUT2D eigenvalue weighted by Crippen LogP contribution is 2.28. The van der Waals surface area contributed by atoms with Gasteiger partial charge >= 0.3 is 0 Å². The Labute approximate surface area is 116 Å². The molecular weight excluding hydrogens is 256 g/mol. The van der Waals surface area contributed by atoms with E-state index in [-0.39, 0.29) is 0 Å². The van der Waals surface area contributed by atoms with E-state index >= 15 is 0 Å². The molecule has 0 bridgehead atoms. The van der Waals surface area contributed by atoms with Gasteiger partial charge in [0.05, 0.1) is 5.52 Å². The first-order chi connectivity index (χ1) is 9.26. The number of nitrogens with one attached hydrogen (secondary N) is 1. The standard InChI is InChI=1S/C15H14N2OS/c1-10-14-7-6-12(9-15(14)17-16-10)18-11-4-3-5-13(8-11)19-2/h3-9H,1-2H3,(H,16,17). The minimum absolute atomic E-state index is 0.803. The van der Waals surface area contributed by atoms with Crippen LogP contribution in [0.25, 0.3) is 10.9 Å². The van der Waals surface area contributed by atoms with Crippen LogP contribution < -0.4 is 4.74 Å². The molecular formula is C15H14N2OS. The molecule has 4 heteroatoms. The number of nitrogens with zero attached hydrogens (tertiary/aromatic N) is 1. The lowest BCUT2D eigenvalue weighted by Crippen LogP contribution is -1.84. The molecule has 1 heterocycles. The van der Waals surface area contributed by atoms with Gasteiger partial charge in [-0.15, -0.1) is 11.8 Å². The van der Waals surface area contributed by atoms with Gasteiger partial charge in [0.15, 0.2) is 0 Å². The molecule has 0 unspecified atom stereocenters.